The summed E-state index contributed by atoms with van der Waals surface area (Å²) in [5, 5.41) is 9.37. The van der Waals surface area contributed by atoms with Crippen LogP contribution in [0.3, 0.4) is 0 Å². The minimum atomic E-state index is -0.479. The summed E-state index contributed by atoms with van der Waals surface area (Å²) >= 11 is 0. The van der Waals surface area contributed by atoms with E-state index in [2.05, 4.69) is 4.98 Å². The zero-order valence-electron chi connectivity index (χ0n) is 6.13. The summed E-state index contributed by atoms with van der Waals surface area (Å²) in [7, 11) is 0. The molecule has 2 rings (SSSR count). The van der Waals surface area contributed by atoms with Crippen LogP contribution in [-0.2, 0) is 0 Å². The molecule has 1 aromatic carbocycles. The highest BCUT2D eigenvalue weighted by atomic mass is 19.1. The first-order chi connectivity index (χ1) is 5.81. The van der Waals surface area contributed by atoms with Gasteiger partial charge >= 0.3 is 0 Å². The van der Waals surface area contributed by atoms with Crippen molar-refractivity contribution in [1.29, 1.82) is 5.26 Å². The van der Waals surface area contributed by atoms with Crippen LogP contribution in [0.4, 0.5) is 4.39 Å². The monoisotopic (exact) mass is 160 g/mol. The molecule has 1 N–H and O–H groups in total. The Balaban J connectivity index is 2.84. The number of aromatic nitrogens is 1. The summed E-state index contributed by atoms with van der Waals surface area (Å²) in [5.74, 6) is -0.479. The average molecular weight is 160 g/mol. The van der Waals surface area contributed by atoms with Gasteiger partial charge in [0.25, 0.3) is 0 Å². The van der Waals surface area contributed by atoms with Crippen molar-refractivity contribution in [3.63, 3.8) is 0 Å². The van der Waals surface area contributed by atoms with Gasteiger partial charge in [-0.25, -0.2) is 4.39 Å². The van der Waals surface area contributed by atoms with Crippen molar-refractivity contribution in [2.45, 2.75) is 0 Å². The maximum absolute atomic E-state index is 13.0. The summed E-state index contributed by atoms with van der Waals surface area (Å²) in [6.45, 7) is 0. The van der Waals surface area contributed by atoms with Crippen LogP contribution >= 0.6 is 0 Å². The minimum Gasteiger partial charge on any atom is -0.361 e. The quantitative estimate of drug-likeness (QED) is 0.630. The third-order valence-corrected chi connectivity index (χ3v) is 1.76. The largest absolute Gasteiger partial charge is 0.361 e. The topological polar surface area (TPSA) is 39.6 Å². The fourth-order valence-electron chi connectivity index (χ4n) is 1.16. The number of hydrogen-bond donors (Lipinski definition) is 1. The van der Waals surface area contributed by atoms with E-state index in [-0.39, 0.29) is 5.56 Å². The molecule has 0 spiro atoms. The normalized spacial score (nSPS) is 10.0. The number of halogens is 1. The van der Waals surface area contributed by atoms with Gasteiger partial charge in [0.05, 0.1) is 5.56 Å². The van der Waals surface area contributed by atoms with Gasteiger partial charge in [-0.2, -0.15) is 5.26 Å². The fraction of sp³-hybridized carbons (Fsp3) is 0. The van der Waals surface area contributed by atoms with Gasteiger partial charge in [0, 0.05) is 17.1 Å². The number of hydrogen-bond acceptors (Lipinski definition) is 1. The third-order valence-electron chi connectivity index (χ3n) is 1.76. The predicted octanol–water partition coefficient (Wildman–Crippen LogP) is 2.18. The van der Waals surface area contributed by atoms with Gasteiger partial charge < -0.3 is 4.98 Å². The molecule has 0 unspecified atom stereocenters. The number of H-pyrrole nitrogens is 1. The Labute approximate surface area is 68.2 Å². The average Bonchev–Trinajstić information content (AvgIpc) is 2.49. The van der Waals surface area contributed by atoms with Crippen LogP contribution in [0.2, 0.25) is 0 Å². The first-order valence-corrected chi connectivity index (χ1v) is 3.48. The van der Waals surface area contributed by atoms with Crippen molar-refractivity contribution in [2.75, 3.05) is 0 Å². The van der Waals surface area contributed by atoms with Crippen LogP contribution < -0.4 is 0 Å². The van der Waals surface area contributed by atoms with E-state index in [1.165, 1.54) is 12.1 Å². The van der Waals surface area contributed by atoms with E-state index in [0.717, 1.165) is 5.39 Å². The van der Waals surface area contributed by atoms with Crippen LogP contribution in [-0.4, -0.2) is 4.98 Å². The van der Waals surface area contributed by atoms with Crippen molar-refractivity contribution in [3.05, 3.63) is 35.8 Å². The number of nitriles is 1. The highest BCUT2D eigenvalue weighted by Crippen LogP contribution is 2.16. The fourth-order valence-corrected chi connectivity index (χ4v) is 1.16. The molecular weight excluding hydrogens is 155 g/mol. The standard InChI is InChI=1S/C9H5FN2/c10-8-4-9-6(1-2-12-9)3-7(8)5-11/h1-4,12H. The summed E-state index contributed by atoms with van der Waals surface area (Å²) < 4.78 is 13.0. The Hall–Kier alpha value is -1.82. The molecule has 12 heavy (non-hydrogen) atoms. The Kier molecular flexibility index (Phi) is 1.34. The van der Waals surface area contributed by atoms with Crippen molar-refractivity contribution < 1.29 is 4.39 Å². The molecule has 0 saturated carbocycles. The van der Waals surface area contributed by atoms with E-state index in [1.54, 1.807) is 18.3 Å². The molecular formula is C9H5FN2. The van der Waals surface area contributed by atoms with Gasteiger partial charge in [-0.1, -0.05) is 0 Å². The summed E-state index contributed by atoms with van der Waals surface area (Å²) in [6, 6.07) is 6.45. The van der Waals surface area contributed by atoms with Gasteiger partial charge in [-0.3, -0.25) is 0 Å². The highest BCUT2D eigenvalue weighted by Gasteiger charge is 2.03. The lowest BCUT2D eigenvalue weighted by Gasteiger charge is -1.92. The molecule has 58 valence electrons. The smallest absolute Gasteiger partial charge is 0.143 e. The van der Waals surface area contributed by atoms with E-state index >= 15 is 0 Å². The van der Waals surface area contributed by atoms with E-state index < -0.39 is 5.82 Å². The Morgan fingerprint density at radius 2 is 2.25 bits per heavy atom. The maximum Gasteiger partial charge on any atom is 0.143 e. The van der Waals surface area contributed by atoms with Gasteiger partial charge in [0.1, 0.15) is 11.9 Å². The Bertz CT molecular complexity index is 465. The van der Waals surface area contributed by atoms with Gasteiger partial charge in [-0.05, 0) is 18.2 Å². The Morgan fingerprint density at radius 1 is 1.42 bits per heavy atom. The van der Waals surface area contributed by atoms with Crippen LogP contribution in [0.25, 0.3) is 10.9 Å². The molecule has 0 atom stereocenters. The minimum absolute atomic E-state index is 0.0853. The highest BCUT2D eigenvalue weighted by molar-refractivity contribution is 5.80. The molecule has 0 bridgehead atoms. The number of rotatable bonds is 0. The molecule has 0 aliphatic heterocycles. The molecule has 0 amide bonds. The number of benzene rings is 1. The third kappa shape index (κ3) is 0.857. The van der Waals surface area contributed by atoms with Crippen LogP contribution in [0.5, 0.6) is 0 Å². The molecule has 3 heteroatoms. The molecule has 0 aliphatic carbocycles. The molecule has 2 aromatic rings. The predicted molar refractivity (Wildman–Crippen MR) is 43.0 cm³/mol. The van der Waals surface area contributed by atoms with Crippen LogP contribution in [0.15, 0.2) is 24.4 Å². The van der Waals surface area contributed by atoms with Crippen molar-refractivity contribution in [1.82, 2.24) is 4.98 Å². The van der Waals surface area contributed by atoms with E-state index in [1.807, 2.05) is 0 Å². The van der Waals surface area contributed by atoms with Gasteiger partial charge in [-0.15, -0.1) is 0 Å². The second-order valence-electron chi connectivity index (χ2n) is 2.51. The van der Waals surface area contributed by atoms with Crippen LogP contribution in [0.1, 0.15) is 5.56 Å². The maximum atomic E-state index is 13.0. The molecule has 0 aliphatic rings. The lowest BCUT2D eigenvalue weighted by Crippen LogP contribution is -1.82. The first-order valence-electron chi connectivity index (χ1n) is 3.48. The van der Waals surface area contributed by atoms with E-state index in [0.29, 0.717) is 5.52 Å². The number of nitrogens with zero attached hydrogens (tertiary/aromatic N) is 1. The first kappa shape index (κ1) is 6.86. The SMILES string of the molecule is N#Cc1cc2cc[nH]c2cc1F. The molecule has 0 saturated heterocycles. The molecule has 0 fully saturated rings. The lowest BCUT2D eigenvalue weighted by atomic mass is 10.1. The summed E-state index contributed by atoms with van der Waals surface area (Å²) in [6.07, 6.45) is 1.71. The van der Waals surface area contributed by atoms with Crippen molar-refractivity contribution >= 4 is 10.9 Å². The summed E-state index contributed by atoms with van der Waals surface area (Å²) in [5.41, 5.74) is 0.800. The second kappa shape index (κ2) is 2.35. The molecule has 2 nitrogen and oxygen atoms in total. The lowest BCUT2D eigenvalue weighted by molar-refractivity contribution is 0.625. The molecule has 0 radical (unpaired) electrons. The summed E-state index contributed by atoms with van der Waals surface area (Å²) in [4.78, 5) is 2.86. The molecule has 1 aromatic heterocycles. The molecule has 1 heterocycles. The number of nitrogens with one attached hydrogen (secondary N) is 1. The zero-order valence-corrected chi connectivity index (χ0v) is 6.13. The zero-order chi connectivity index (χ0) is 8.55. The van der Waals surface area contributed by atoms with Crippen LogP contribution in [0, 0.1) is 17.1 Å². The van der Waals surface area contributed by atoms with Gasteiger partial charge in [0.15, 0.2) is 0 Å². The van der Waals surface area contributed by atoms with Crippen molar-refractivity contribution in [2.24, 2.45) is 0 Å². The number of aromatic amines is 1. The van der Waals surface area contributed by atoms with E-state index in [9.17, 15) is 4.39 Å². The second-order valence-corrected chi connectivity index (χ2v) is 2.51. The van der Waals surface area contributed by atoms with E-state index in [4.69, 9.17) is 5.26 Å². The van der Waals surface area contributed by atoms with Crippen molar-refractivity contribution in [3.8, 4) is 6.07 Å². The Morgan fingerprint density at radius 3 is 3.00 bits per heavy atom. The number of fused-ring (bicyclic) bond motifs is 1. The van der Waals surface area contributed by atoms with Gasteiger partial charge in [0.2, 0.25) is 0 Å².